The molecule has 3 aromatic carbocycles. The van der Waals surface area contributed by atoms with E-state index in [0.29, 0.717) is 0 Å². The summed E-state index contributed by atoms with van der Waals surface area (Å²) >= 11 is 0. The Morgan fingerprint density at radius 3 is 1.18 bits per heavy atom. The third-order valence-corrected chi connectivity index (χ3v) is 4.88. The van der Waals surface area contributed by atoms with E-state index in [2.05, 4.69) is 21.7 Å². The number of rotatable bonds is 10. The normalized spacial score (nSPS) is 10.0. The first-order chi connectivity index (χ1) is 19.1. The highest BCUT2D eigenvalue weighted by Gasteiger charge is 2.12. The van der Waals surface area contributed by atoms with Gasteiger partial charge < -0.3 is 9.47 Å². The third kappa shape index (κ3) is 8.51. The van der Waals surface area contributed by atoms with Gasteiger partial charge in [0, 0.05) is 35.4 Å². The average molecular weight is 552 g/mol. The number of hydrazine groups is 2. The highest BCUT2D eigenvalue weighted by molar-refractivity contribution is 5.98. The number of benzene rings is 3. The zero-order chi connectivity index (χ0) is 29.1. The van der Waals surface area contributed by atoms with Gasteiger partial charge in [0.15, 0.2) is 13.2 Å². The van der Waals surface area contributed by atoms with E-state index in [9.17, 15) is 39.4 Å². The van der Waals surface area contributed by atoms with E-state index in [1.807, 2.05) is 0 Å². The van der Waals surface area contributed by atoms with Crippen molar-refractivity contribution in [2.75, 3.05) is 13.2 Å². The van der Waals surface area contributed by atoms with Crippen molar-refractivity contribution in [1.82, 2.24) is 21.7 Å². The molecule has 0 aliphatic heterocycles. The van der Waals surface area contributed by atoms with Crippen molar-refractivity contribution in [3.05, 3.63) is 104 Å². The predicted molar refractivity (Wildman–Crippen MR) is 135 cm³/mol. The van der Waals surface area contributed by atoms with Gasteiger partial charge in [-0.2, -0.15) is 0 Å². The van der Waals surface area contributed by atoms with Gasteiger partial charge in [-0.25, -0.2) is 0 Å². The minimum absolute atomic E-state index is 0.105. The molecule has 0 radical (unpaired) electrons. The Hall–Kier alpha value is -6.06. The summed E-state index contributed by atoms with van der Waals surface area (Å²) in [5.74, 6) is -2.34. The summed E-state index contributed by atoms with van der Waals surface area (Å²) in [7, 11) is 0. The molecular weight excluding hydrogens is 532 g/mol. The fourth-order valence-corrected chi connectivity index (χ4v) is 2.87. The lowest BCUT2D eigenvalue weighted by Gasteiger charge is -2.10. The maximum absolute atomic E-state index is 12.2. The molecule has 0 heterocycles. The number of nitrogens with one attached hydrogen (secondary N) is 4. The molecule has 0 aliphatic rings. The van der Waals surface area contributed by atoms with E-state index < -0.39 is 46.7 Å². The lowest BCUT2D eigenvalue weighted by molar-refractivity contribution is -0.385. The Labute approximate surface area is 224 Å². The van der Waals surface area contributed by atoms with Gasteiger partial charge in [-0.05, 0) is 48.5 Å². The van der Waals surface area contributed by atoms with Crippen LogP contribution < -0.4 is 31.2 Å². The van der Waals surface area contributed by atoms with Crippen LogP contribution in [0.2, 0.25) is 0 Å². The molecule has 3 aromatic rings. The number of carbonyl (C=O) groups excluding carboxylic acids is 4. The van der Waals surface area contributed by atoms with Crippen LogP contribution in [0.15, 0.2) is 72.8 Å². The van der Waals surface area contributed by atoms with Gasteiger partial charge in [0.1, 0.15) is 11.5 Å². The van der Waals surface area contributed by atoms with Crippen LogP contribution in [0.3, 0.4) is 0 Å². The SMILES string of the molecule is O=C(COc1ccc([N+](=O)[O-])cc1)NNC(=O)c1ccc(C(=O)NNC(=O)COc2ccc([N+](=O)[O-])cc2)cc1. The van der Waals surface area contributed by atoms with E-state index >= 15 is 0 Å². The van der Waals surface area contributed by atoms with Crippen LogP contribution in [-0.4, -0.2) is 46.7 Å². The van der Waals surface area contributed by atoms with E-state index in [0.717, 1.165) is 0 Å². The Morgan fingerprint density at radius 1 is 0.550 bits per heavy atom. The van der Waals surface area contributed by atoms with Crippen molar-refractivity contribution >= 4 is 35.0 Å². The van der Waals surface area contributed by atoms with Crippen LogP contribution in [0.1, 0.15) is 20.7 Å². The number of nitro groups is 2. The molecule has 0 saturated carbocycles. The van der Waals surface area contributed by atoms with Crippen LogP contribution >= 0.6 is 0 Å². The second-order valence-electron chi connectivity index (χ2n) is 7.66. The summed E-state index contributed by atoms with van der Waals surface area (Å²) in [5, 5.41) is 21.3. The average Bonchev–Trinajstić information content (AvgIpc) is 2.96. The number of non-ortho nitro benzene ring substituents is 2. The Kier molecular flexibility index (Phi) is 9.60. The van der Waals surface area contributed by atoms with Crippen molar-refractivity contribution in [3.8, 4) is 11.5 Å². The van der Waals surface area contributed by atoms with Crippen LogP contribution in [0, 0.1) is 20.2 Å². The van der Waals surface area contributed by atoms with Gasteiger partial charge in [-0.15, -0.1) is 0 Å². The monoisotopic (exact) mass is 552 g/mol. The molecule has 0 atom stereocenters. The predicted octanol–water partition coefficient (Wildman–Crippen LogP) is 1.18. The number of carbonyl (C=O) groups is 4. The van der Waals surface area contributed by atoms with E-state index in [1.54, 1.807) is 0 Å². The zero-order valence-corrected chi connectivity index (χ0v) is 20.3. The quantitative estimate of drug-likeness (QED) is 0.208. The maximum Gasteiger partial charge on any atom is 0.276 e. The lowest BCUT2D eigenvalue weighted by atomic mass is 10.1. The molecule has 40 heavy (non-hydrogen) atoms. The van der Waals surface area contributed by atoms with Crippen molar-refractivity contribution in [2.24, 2.45) is 0 Å². The lowest BCUT2D eigenvalue weighted by Crippen LogP contribution is -2.44. The maximum atomic E-state index is 12.2. The molecule has 16 heteroatoms. The summed E-state index contributed by atoms with van der Waals surface area (Å²) in [5.41, 5.74) is 8.57. The van der Waals surface area contributed by atoms with Crippen LogP contribution in [0.4, 0.5) is 11.4 Å². The fraction of sp³-hybridized carbons (Fsp3) is 0.0833. The molecule has 206 valence electrons. The highest BCUT2D eigenvalue weighted by Crippen LogP contribution is 2.18. The minimum atomic E-state index is -0.698. The summed E-state index contributed by atoms with van der Waals surface area (Å²) in [6, 6.07) is 15.4. The largest absolute Gasteiger partial charge is 0.484 e. The molecule has 4 N–H and O–H groups in total. The number of ether oxygens (including phenoxy) is 2. The molecule has 16 nitrogen and oxygen atoms in total. The Morgan fingerprint density at radius 2 is 0.875 bits per heavy atom. The Bertz CT molecular complexity index is 1300. The number of amides is 4. The molecule has 3 rings (SSSR count). The molecule has 0 aliphatic carbocycles. The molecule has 0 saturated heterocycles. The van der Waals surface area contributed by atoms with Crippen molar-refractivity contribution in [1.29, 1.82) is 0 Å². The van der Waals surface area contributed by atoms with Crippen LogP contribution in [-0.2, 0) is 9.59 Å². The first kappa shape index (κ1) is 28.5. The van der Waals surface area contributed by atoms with Crippen molar-refractivity contribution < 1.29 is 38.5 Å². The molecular formula is C24H20N6O10. The standard InChI is InChI=1S/C24H20N6O10/c31-21(13-39-19-9-5-17(6-10-19)29(35)36)25-27-23(33)15-1-2-16(4-3-15)24(34)28-26-22(32)14-40-20-11-7-18(8-12-20)30(37)38/h1-12H,13-14H2,(H,25,31)(H,26,32)(H,27,33)(H,28,34). The van der Waals surface area contributed by atoms with Crippen LogP contribution in [0.5, 0.6) is 11.5 Å². The zero-order valence-electron chi connectivity index (χ0n) is 20.3. The minimum Gasteiger partial charge on any atom is -0.484 e. The molecule has 0 spiro atoms. The van der Waals surface area contributed by atoms with E-state index in [-0.39, 0.29) is 34.0 Å². The van der Waals surface area contributed by atoms with Gasteiger partial charge in [-0.3, -0.25) is 61.1 Å². The van der Waals surface area contributed by atoms with Gasteiger partial charge >= 0.3 is 0 Å². The smallest absolute Gasteiger partial charge is 0.276 e. The summed E-state index contributed by atoms with van der Waals surface area (Å²) < 4.78 is 10.4. The molecule has 4 amide bonds. The van der Waals surface area contributed by atoms with Crippen LogP contribution in [0.25, 0.3) is 0 Å². The molecule has 0 bridgehead atoms. The van der Waals surface area contributed by atoms with Gasteiger partial charge in [0.25, 0.3) is 35.0 Å². The number of nitro benzene ring substituents is 2. The number of hydrogen-bond acceptors (Lipinski definition) is 10. The number of hydrogen-bond donors (Lipinski definition) is 4. The fourth-order valence-electron chi connectivity index (χ4n) is 2.87. The highest BCUT2D eigenvalue weighted by atomic mass is 16.6. The van der Waals surface area contributed by atoms with E-state index in [4.69, 9.17) is 9.47 Å². The second kappa shape index (κ2) is 13.5. The summed E-state index contributed by atoms with van der Waals surface area (Å²) in [6.45, 7) is -0.941. The molecule has 0 fully saturated rings. The van der Waals surface area contributed by atoms with Gasteiger partial charge in [0.2, 0.25) is 0 Å². The molecule has 0 aromatic heterocycles. The number of nitrogens with zero attached hydrogens (tertiary/aromatic N) is 2. The summed E-state index contributed by atoms with van der Waals surface area (Å²) in [6.07, 6.45) is 0. The van der Waals surface area contributed by atoms with Crippen molar-refractivity contribution in [2.45, 2.75) is 0 Å². The van der Waals surface area contributed by atoms with Gasteiger partial charge in [-0.1, -0.05) is 0 Å². The van der Waals surface area contributed by atoms with E-state index in [1.165, 1.54) is 72.8 Å². The first-order valence-electron chi connectivity index (χ1n) is 11.2. The second-order valence-corrected chi connectivity index (χ2v) is 7.66. The molecule has 0 unspecified atom stereocenters. The third-order valence-electron chi connectivity index (χ3n) is 4.88. The Balaban J connectivity index is 1.37. The van der Waals surface area contributed by atoms with Gasteiger partial charge in [0.05, 0.1) is 9.85 Å². The topological polar surface area (TPSA) is 221 Å². The van der Waals surface area contributed by atoms with Crippen molar-refractivity contribution in [3.63, 3.8) is 0 Å². The first-order valence-corrected chi connectivity index (χ1v) is 11.2. The summed E-state index contributed by atoms with van der Waals surface area (Å²) in [4.78, 5) is 68.4.